The number of benzene rings is 2. The Kier molecular flexibility index (Phi) is 5.62. The molecule has 1 saturated carbocycles. The maximum absolute atomic E-state index is 14.9. The lowest BCUT2D eigenvalue weighted by molar-refractivity contribution is 0.0384. The van der Waals surface area contributed by atoms with Gasteiger partial charge in [-0.05, 0) is 69.4 Å². The second-order valence-corrected chi connectivity index (χ2v) is 9.04. The number of ether oxygens (including phenoxy) is 1. The first kappa shape index (κ1) is 21.8. The summed E-state index contributed by atoms with van der Waals surface area (Å²) in [5, 5.41) is 12.4. The lowest BCUT2D eigenvalue weighted by Gasteiger charge is -2.25. The highest BCUT2D eigenvalue weighted by atomic mass is 19.1. The van der Waals surface area contributed by atoms with Gasteiger partial charge in [-0.25, -0.2) is 14.0 Å². The second-order valence-electron chi connectivity index (χ2n) is 9.04. The third kappa shape index (κ3) is 4.74. The lowest BCUT2D eigenvalue weighted by atomic mass is 10.0. The van der Waals surface area contributed by atoms with E-state index in [4.69, 9.17) is 4.74 Å². The van der Waals surface area contributed by atoms with Gasteiger partial charge in [-0.15, -0.1) is 0 Å². The number of nitrogens with one attached hydrogen (secondary N) is 1. The van der Waals surface area contributed by atoms with E-state index in [2.05, 4.69) is 10.3 Å². The van der Waals surface area contributed by atoms with E-state index in [-0.39, 0.29) is 17.2 Å². The molecule has 2 aromatic rings. The summed E-state index contributed by atoms with van der Waals surface area (Å²) in [5.74, 6) is -1.10. The first-order valence-corrected chi connectivity index (χ1v) is 10.6. The summed E-state index contributed by atoms with van der Waals surface area (Å²) in [4.78, 5) is 29.9. The number of carboxylic acids is 1. The Morgan fingerprint density at radius 1 is 1.22 bits per heavy atom. The van der Waals surface area contributed by atoms with Crippen LogP contribution in [-0.4, -0.2) is 46.6 Å². The first-order chi connectivity index (χ1) is 15.1. The zero-order valence-electron chi connectivity index (χ0n) is 18.3. The Morgan fingerprint density at radius 2 is 1.97 bits per heavy atom. The number of aromatic carboxylic acids is 1. The van der Waals surface area contributed by atoms with Crippen molar-refractivity contribution in [2.45, 2.75) is 45.1 Å². The topological polar surface area (TPSA) is 91.2 Å². The molecule has 7 nitrogen and oxygen atoms in total. The van der Waals surface area contributed by atoms with Crippen molar-refractivity contribution in [1.82, 2.24) is 4.90 Å². The van der Waals surface area contributed by atoms with E-state index < -0.39 is 23.5 Å². The molecule has 0 saturated heterocycles. The first-order valence-electron chi connectivity index (χ1n) is 10.6. The van der Waals surface area contributed by atoms with Crippen LogP contribution in [0.4, 0.5) is 20.6 Å². The molecule has 1 heterocycles. The number of carbonyl (C=O) groups excluding carboxylic acids is 1. The number of hydrogen-bond acceptors (Lipinski definition) is 5. The van der Waals surface area contributed by atoms with E-state index in [0.717, 1.165) is 18.9 Å². The van der Waals surface area contributed by atoms with Crippen LogP contribution < -0.4 is 5.32 Å². The van der Waals surface area contributed by atoms with Crippen LogP contribution >= 0.6 is 0 Å². The molecule has 4 rings (SSSR count). The number of nitrogens with zero attached hydrogens (tertiary/aromatic N) is 2. The zero-order valence-corrected chi connectivity index (χ0v) is 18.3. The number of rotatable bonds is 5. The smallest absolute Gasteiger partial charge is 0.416 e. The van der Waals surface area contributed by atoms with Crippen LogP contribution in [0, 0.1) is 5.82 Å². The molecule has 8 heteroatoms. The number of anilines is 2. The predicted molar refractivity (Wildman–Crippen MR) is 119 cm³/mol. The minimum atomic E-state index is -1.15. The minimum Gasteiger partial charge on any atom is -0.478 e. The molecule has 0 unspecified atom stereocenters. The molecular weight excluding hydrogens is 413 g/mol. The summed E-state index contributed by atoms with van der Waals surface area (Å²) >= 11 is 0. The minimum absolute atomic E-state index is 0.0583. The molecule has 168 valence electrons. The zero-order chi connectivity index (χ0) is 23.0. The SMILES string of the molecule is CC(C)(C)OC(=O)N1CCN=C1c1cccc(Nc2c(F)cc(C(=O)O)cc2C2CC2)c1. The van der Waals surface area contributed by atoms with E-state index in [1.165, 1.54) is 4.90 Å². The van der Waals surface area contributed by atoms with E-state index in [1.807, 2.05) is 26.8 Å². The molecule has 0 bridgehead atoms. The van der Waals surface area contributed by atoms with Crippen LogP contribution in [0.15, 0.2) is 41.4 Å². The third-order valence-corrected chi connectivity index (χ3v) is 5.23. The van der Waals surface area contributed by atoms with Gasteiger partial charge in [0.15, 0.2) is 0 Å². The lowest BCUT2D eigenvalue weighted by Crippen LogP contribution is -2.39. The number of hydrogen-bond donors (Lipinski definition) is 2. The van der Waals surface area contributed by atoms with Crippen molar-refractivity contribution >= 4 is 29.3 Å². The molecule has 2 aliphatic rings. The maximum atomic E-state index is 14.9. The summed E-state index contributed by atoms with van der Waals surface area (Å²) in [5.41, 5.74) is 1.59. The van der Waals surface area contributed by atoms with Gasteiger partial charge >= 0.3 is 12.1 Å². The van der Waals surface area contributed by atoms with Crippen molar-refractivity contribution in [3.05, 3.63) is 58.9 Å². The highest BCUT2D eigenvalue weighted by Crippen LogP contribution is 2.45. The van der Waals surface area contributed by atoms with Gasteiger partial charge in [0.1, 0.15) is 17.3 Å². The van der Waals surface area contributed by atoms with Gasteiger partial charge in [0.25, 0.3) is 0 Å². The fourth-order valence-electron chi connectivity index (χ4n) is 3.67. The van der Waals surface area contributed by atoms with Crippen LogP contribution in [0.2, 0.25) is 0 Å². The maximum Gasteiger partial charge on any atom is 0.416 e. The Bertz CT molecular complexity index is 1100. The molecule has 2 N–H and O–H groups in total. The van der Waals surface area contributed by atoms with Crippen molar-refractivity contribution < 1.29 is 23.8 Å². The molecule has 1 aliphatic heterocycles. The van der Waals surface area contributed by atoms with E-state index in [1.54, 1.807) is 24.3 Å². The Hall–Kier alpha value is -3.42. The standard InChI is InChI=1S/C24H26FN3O4/c1-24(2,3)32-23(31)28-10-9-26-21(28)15-5-4-6-17(11-15)27-20-18(14-7-8-14)12-16(22(29)30)13-19(20)25/h4-6,11-14,27H,7-10H2,1-3H3,(H,29,30). The average molecular weight is 439 g/mol. The molecule has 0 aromatic heterocycles. The van der Waals surface area contributed by atoms with Crippen molar-refractivity contribution in [3.8, 4) is 0 Å². The monoisotopic (exact) mass is 439 g/mol. The van der Waals surface area contributed by atoms with Crippen molar-refractivity contribution in [2.24, 2.45) is 4.99 Å². The molecule has 0 radical (unpaired) electrons. The fourth-order valence-corrected chi connectivity index (χ4v) is 3.67. The average Bonchev–Trinajstić information content (AvgIpc) is 3.43. The van der Waals surface area contributed by atoms with Crippen molar-refractivity contribution in [3.63, 3.8) is 0 Å². The molecular formula is C24H26FN3O4. The summed E-state index contributed by atoms with van der Waals surface area (Å²) < 4.78 is 20.3. The Morgan fingerprint density at radius 3 is 2.62 bits per heavy atom. The molecule has 0 atom stereocenters. The summed E-state index contributed by atoms with van der Waals surface area (Å²) in [7, 11) is 0. The van der Waals surface area contributed by atoms with Crippen molar-refractivity contribution in [1.29, 1.82) is 0 Å². The Labute approximate surface area is 185 Å². The summed E-state index contributed by atoms with van der Waals surface area (Å²) in [6, 6.07) is 9.79. The van der Waals surface area contributed by atoms with E-state index in [9.17, 15) is 19.1 Å². The predicted octanol–water partition coefficient (Wildman–Crippen LogP) is 5.14. The quantitative estimate of drug-likeness (QED) is 0.673. The van der Waals surface area contributed by atoms with Gasteiger partial charge in [0.2, 0.25) is 0 Å². The number of aliphatic imine (C=N–C) groups is 1. The largest absolute Gasteiger partial charge is 0.478 e. The second kappa shape index (κ2) is 8.26. The van der Waals surface area contributed by atoms with Crippen molar-refractivity contribution in [2.75, 3.05) is 18.4 Å². The van der Waals surface area contributed by atoms with Crippen LogP contribution in [0.25, 0.3) is 0 Å². The van der Waals surface area contributed by atoms with Gasteiger partial charge in [-0.1, -0.05) is 12.1 Å². The van der Waals surface area contributed by atoms with Gasteiger partial charge in [0.05, 0.1) is 24.3 Å². The number of amidine groups is 1. The highest BCUT2D eigenvalue weighted by Gasteiger charge is 2.31. The molecule has 32 heavy (non-hydrogen) atoms. The molecule has 1 amide bonds. The molecule has 1 aliphatic carbocycles. The summed E-state index contributed by atoms with van der Waals surface area (Å²) in [6.45, 7) is 6.33. The number of carboxylic acid groups (broad SMARTS) is 1. The molecule has 0 spiro atoms. The normalized spacial score (nSPS) is 16.0. The van der Waals surface area contributed by atoms with Crippen LogP contribution in [-0.2, 0) is 4.74 Å². The van der Waals surface area contributed by atoms with Gasteiger partial charge in [0, 0.05) is 11.3 Å². The van der Waals surface area contributed by atoms with Crippen LogP contribution in [0.5, 0.6) is 0 Å². The van der Waals surface area contributed by atoms with Gasteiger partial charge in [-0.2, -0.15) is 0 Å². The Balaban J connectivity index is 1.61. The third-order valence-electron chi connectivity index (χ3n) is 5.23. The fraction of sp³-hybridized carbons (Fsp3) is 0.375. The summed E-state index contributed by atoms with van der Waals surface area (Å²) in [6.07, 6.45) is 1.34. The number of halogens is 1. The van der Waals surface area contributed by atoms with E-state index in [0.29, 0.717) is 35.7 Å². The highest BCUT2D eigenvalue weighted by molar-refractivity contribution is 6.08. The van der Waals surface area contributed by atoms with Crippen LogP contribution in [0.3, 0.4) is 0 Å². The molecule has 1 fully saturated rings. The number of amides is 1. The molecule has 2 aromatic carbocycles. The van der Waals surface area contributed by atoms with Gasteiger partial charge in [-0.3, -0.25) is 9.89 Å². The van der Waals surface area contributed by atoms with Crippen LogP contribution in [0.1, 0.15) is 61.0 Å². The number of carbonyl (C=O) groups is 2. The van der Waals surface area contributed by atoms with E-state index >= 15 is 0 Å². The van der Waals surface area contributed by atoms with Gasteiger partial charge < -0.3 is 15.2 Å².